The number of aromatic nitrogens is 1. The first-order valence-corrected chi connectivity index (χ1v) is 6.95. The summed E-state index contributed by atoms with van der Waals surface area (Å²) < 4.78 is 5.35. The third-order valence-electron chi connectivity index (χ3n) is 3.91. The molecule has 1 aromatic carbocycles. The zero-order valence-electron chi connectivity index (χ0n) is 11.6. The Morgan fingerprint density at radius 2 is 2.10 bits per heavy atom. The molecular formula is C16H18N2O2. The normalized spacial score (nSPS) is 16.2. The molecule has 3 rings (SSSR count). The highest BCUT2D eigenvalue weighted by Gasteiger charge is 2.23. The van der Waals surface area contributed by atoms with E-state index in [1.807, 2.05) is 42.3 Å². The molecule has 0 atom stereocenters. The highest BCUT2D eigenvalue weighted by molar-refractivity contribution is 5.97. The fourth-order valence-electron chi connectivity index (χ4n) is 2.64. The summed E-state index contributed by atoms with van der Waals surface area (Å²) in [6.07, 6.45) is 3.57. The van der Waals surface area contributed by atoms with Gasteiger partial charge in [0.2, 0.25) is 0 Å². The van der Waals surface area contributed by atoms with E-state index in [-0.39, 0.29) is 11.9 Å². The Balaban J connectivity index is 1.83. The minimum Gasteiger partial charge on any atom is -0.381 e. The van der Waals surface area contributed by atoms with Crippen molar-refractivity contribution in [1.29, 1.82) is 0 Å². The first-order valence-electron chi connectivity index (χ1n) is 6.95. The third-order valence-corrected chi connectivity index (χ3v) is 3.91. The molecule has 0 unspecified atom stereocenters. The molecule has 0 saturated carbocycles. The Labute approximate surface area is 118 Å². The van der Waals surface area contributed by atoms with Crippen LogP contribution in [0.15, 0.2) is 36.5 Å². The van der Waals surface area contributed by atoms with E-state index < -0.39 is 0 Å². The van der Waals surface area contributed by atoms with E-state index >= 15 is 0 Å². The number of fused-ring (bicyclic) bond motifs is 1. The van der Waals surface area contributed by atoms with Crippen LogP contribution in [-0.4, -0.2) is 42.1 Å². The van der Waals surface area contributed by atoms with E-state index in [4.69, 9.17) is 4.74 Å². The van der Waals surface area contributed by atoms with Crippen molar-refractivity contribution >= 4 is 16.8 Å². The number of benzene rings is 1. The van der Waals surface area contributed by atoms with Gasteiger partial charge in [0, 0.05) is 43.4 Å². The molecule has 1 aliphatic heterocycles. The first kappa shape index (κ1) is 13.1. The lowest BCUT2D eigenvalue weighted by atomic mass is 10.1. The molecule has 0 bridgehead atoms. The van der Waals surface area contributed by atoms with Crippen LogP contribution in [0, 0.1) is 0 Å². The van der Waals surface area contributed by atoms with E-state index in [9.17, 15) is 4.79 Å². The molecule has 104 valence electrons. The molecule has 1 aromatic heterocycles. The summed E-state index contributed by atoms with van der Waals surface area (Å²) in [6, 6.07) is 9.87. The van der Waals surface area contributed by atoms with Crippen LogP contribution >= 0.6 is 0 Å². The van der Waals surface area contributed by atoms with Crippen LogP contribution in [0.25, 0.3) is 10.9 Å². The Kier molecular flexibility index (Phi) is 3.65. The number of rotatable bonds is 2. The molecule has 0 radical (unpaired) electrons. The van der Waals surface area contributed by atoms with Gasteiger partial charge in [-0.2, -0.15) is 0 Å². The van der Waals surface area contributed by atoms with Crippen LogP contribution in [0.5, 0.6) is 0 Å². The van der Waals surface area contributed by atoms with Gasteiger partial charge in [-0.15, -0.1) is 0 Å². The highest BCUT2D eigenvalue weighted by atomic mass is 16.5. The van der Waals surface area contributed by atoms with Gasteiger partial charge in [0.1, 0.15) is 0 Å². The molecule has 0 spiro atoms. The Morgan fingerprint density at radius 1 is 1.30 bits per heavy atom. The van der Waals surface area contributed by atoms with E-state index in [1.165, 1.54) is 0 Å². The third kappa shape index (κ3) is 2.51. The van der Waals surface area contributed by atoms with E-state index in [1.54, 1.807) is 6.20 Å². The molecular weight excluding hydrogens is 252 g/mol. The van der Waals surface area contributed by atoms with Crippen LogP contribution in [0.4, 0.5) is 0 Å². The van der Waals surface area contributed by atoms with Crippen molar-refractivity contribution in [1.82, 2.24) is 9.88 Å². The number of pyridine rings is 1. The van der Waals surface area contributed by atoms with Gasteiger partial charge >= 0.3 is 0 Å². The molecule has 20 heavy (non-hydrogen) atoms. The number of amides is 1. The predicted octanol–water partition coefficient (Wildman–Crippen LogP) is 2.49. The van der Waals surface area contributed by atoms with Crippen molar-refractivity contribution in [2.45, 2.75) is 18.9 Å². The second-order valence-electron chi connectivity index (χ2n) is 5.17. The van der Waals surface area contributed by atoms with Crippen LogP contribution < -0.4 is 0 Å². The van der Waals surface area contributed by atoms with E-state index in [0.717, 1.165) is 37.0 Å². The molecule has 1 fully saturated rings. The van der Waals surface area contributed by atoms with Gasteiger partial charge in [-0.25, -0.2) is 0 Å². The number of nitrogens with zero attached hydrogens (tertiary/aromatic N) is 2. The molecule has 1 saturated heterocycles. The van der Waals surface area contributed by atoms with Gasteiger partial charge in [-0.1, -0.05) is 12.1 Å². The SMILES string of the molecule is CN(C(=O)c1ccc2cccnc2c1)C1CCOCC1. The standard InChI is InChI=1S/C16H18N2O2/c1-18(14-6-9-20-10-7-14)16(19)13-5-4-12-3-2-8-17-15(12)11-13/h2-5,8,11,14H,6-7,9-10H2,1H3. The van der Waals surface area contributed by atoms with Crippen molar-refractivity contribution < 1.29 is 9.53 Å². The first-order chi connectivity index (χ1) is 9.75. The molecule has 4 heteroatoms. The summed E-state index contributed by atoms with van der Waals surface area (Å²) in [5.41, 5.74) is 1.56. The summed E-state index contributed by atoms with van der Waals surface area (Å²) in [7, 11) is 1.88. The quantitative estimate of drug-likeness (QED) is 0.842. The molecule has 0 aliphatic carbocycles. The number of hydrogen-bond donors (Lipinski definition) is 0. The van der Waals surface area contributed by atoms with E-state index in [2.05, 4.69) is 4.98 Å². The Morgan fingerprint density at radius 3 is 2.90 bits per heavy atom. The summed E-state index contributed by atoms with van der Waals surface area (Å²) in [4.78, 5) is 18.7. The lowest BCUT2D eigenvalue weighted by Gasteiger charge is -2.31. The molecule has 1 amide bonds. The number of carbonyl (C=O) groups excluding carboxylic acids is 1. The average Bonchev–Trinajstić information content (AvgIpc) is 2.54. The maximum Gasteiger partial charge on any atom is 0.253 e. The van der Waals surface area contributed by atoms with Crippen molar-refractivity contribution in [3.63, 3.8) is 0 Å². The Hall–Kier alpha value is -1.94. The number of carbonyl (C=O) groups is 1. The van der Waals surface area contributed by atoms with Crippen LogP contribution in [0.1, 0.15) is 23.2 Å². The summed E-state index contributed by atoms with van der Waals surface area (Å²) in [5, 5.41) is 1.05. The maximum atomic E-state index is 12.5. The fourth-order valence-corrected chi connectivity index (χ4v) is 2.64. The van der Waals surface area contributed by atoms with Gasteiger partial charge in [0.05, 0.1) is 5.52 Å². The van der Waals surface area contributed by atoms with Gasteiger partial charge in [-0.05, 0) is 31.0 Å². The second kappa shape index (κ2) is 5.59. The minimum atomic E-state index is 0.0597. The highest BCUT2D eigenvalue weighted by Crippen LogP contribution is 2.18. The van der Waals surface area contributed by atoms with Crippen LogP contribution in [0.2, 0.25) is 0 Å². The zero-order valence-corrected chi connectivity index (χ0v) is 11.6. The van der Waals surface area contributed by atoms with Crippen molar-refractivity contribution in [3.8, 4) is 0 Å². The predicted molar refractivity (Wildman–Crippen MR) is 77.7 cm³/mol. The number of hydrogen-bond acceptors (Lipinski definition) is 3. The minimum absolute atomic E-state index is 0.0597. The summed E-state index contributed by atoms with van der Waals surface area (Å²) in [6.45, 7) is 1.48. The van der Waals surface area contributed by atoms with E-state index in [0.29, 0.717) is 5.56 Å². The Bertz CT molecular complexity index is 621. The average molecular weight is 270 g/mol. The van der Waals surface area contributed by atoms with Gasteiger partial charge < -0.3 is 9.64 Å². The van der Waals surface area contributed by atoms with Gasteiger partial charge in [-0.3, -0.25) is 9.78 Å². The molecule has 2 aromatic rings. The second-order valence-corrected chi connectivity index (χ2v) is 5.17. The smallest absolute Gasteiger partial charge is 0.253 e. The number of ether oxygens (including phenoxy) is 1. The topological polar surface area (TPSA) is 42.4 Å². The van der Waals surface area contributed by atoms with Gasteiger partial charge in [0.25, 0.3) is 5.91 Å². The largest absolute Gasteiger partial charge is 0.381 e. The van der Waals surface area contributed by atoms with Crippen LogP contribution in [-0.2, 0) is 4.74 Å². The molecule has 2 heterocycles. The van der Waals surface area contributed by atoms with Crippen molar-refractivity contribution in [3.05, 3.63) is 42.1 Å². The lowest BCUT2D eigenvalue weighted by Crippen LogP contribution is -2.40. The molecule has 1 aliphatic rings. The van der Waals surface area contributed by atoms with Gasteiger partial charge in [0.15, 0.2) is 0 Å². The fraction of sp³-hybridized carbons (Fsp3) is 0.375. The maximum absolute atomic E-state index is 12.5. The summed E-state index contributed by atoms with van der Waals surface area (Å²) >= 11 is 0. The monoisotopic (exact) mass is 270 g/mol. The zero-order chi connectivity index (χ0) is 13.9. The van der Waals surface area contributed by atoms with Crippen molar-refractivity contribution in [2.75, 3.05) is 20.3 Å². The summed E-state index contributed by atoms with van der Waals surface area (Å²) in [5.74, 6) is 0.0597. The molecule has 0 N–H and O–H groups in total. The van der Waals surface area contributed by atoms with Crippen LogP contribution in [0.3, 0.4) is 0 Å². The van der Waals surface area contributed by atoms with Crippen molar-refractivity contribution in [2.24, 2.45) is 0 Å². The lowest BCUT2D eigenvalue weighted by molar-refractivity contribution is 0.0362. The molecule has 4 nitrogen and oxygen atoms in total.